The predicted octanol–water partition coefficient (Wildman–Crippen LogP) is 3.88. The van der Waals surface area contributed by atoms with Crippen LogP contribution in [0.2, 0.25) is 0 Å². The van der Waals surface area contributed by atoms with Gasteiger partial charge < -0.3 is 5.11 Å². The Morgan fingerprint density at radius 3 is 1.72 bits per heavy atom. The van der Waals surface area contributed by atoms with Crippen molar-refractivity contribution in [1.82, 2.24) is 0 Å². The number of carboxylic acid groups (broad SMARTS) is 1. The van der Waals surface area contributed by atoms with Crippen LogP contribution in [0.15, 0.2) is 60.7 Å². The van der Waals surface area contributed by atoms with Crippen molar-refractivity contribution in [2.45, 2.75) is 0 Å². The Morgan fingerprint density at radius 1 is 0.833 bits per heavy atom. The fourth-order valence-corrected chi connectivity index (χ4v) is 1.99. The highest BCUT2D eigenvalue weighted by Gasteiger charge is 2.16. The van der Waals surface area contributed by atoms with Crippen LogP contribution >= 0.6 is 11.6 Å². The van der Waals surface area contributed by atoms with Crippen molar-refractivity contribution >= 4 is 28.2 Å². The molecule has 0 amide bonds. The second kappa shape index (κ2) is 5.52. The summed E-state index contributed by atoms with van der Waals surface area (Å²) in [6.07, 6.45) is 0. The molecular weight excluding hydrogens is 248 g/mol. The van der Waals surface area contributed by atoms with E-state index >= 15 is 0 Å². The normalized spacial score (nSPS) is 11.8. The number of hydrogen-bond acceptors (Lipinski definition) is 1. The first-order chi connectivity index (χ1) is 8.70. The summed E-state index contributed by atoms with van der Waals surface area (Å²) in [5.41, 5.74) is 1.41. The van der Waals surface area contributed by atoms with Crippen molar-refractivity contribution in [3.05, 3.63) is 71.8 Å². The molecule has 3 heteroatoms. The molecule has 0 heterocycles. The predicted molar refractivity (Wildman–Crippen MR) is 73.2 cm³/mol. The van der Waals surface area contributed by atoms with E-state index in [9.17, 15) is 9.90 Å². The van der Waals surface area contributed by atoms with E-state index in [1.54, 1.807) is 36.4 Å². The highest BCUT2D eigenvalue weighted by atomic mass is 35.5. The van der Waals surface area contributed by atoms with Crippen LogP contribution < -0.4 is 0 Å². The molecule has 0 bridgehead atoms. The molecule has 90 valence electrons. The van der Waals surface area contributed by atoms with Crippen molar-refractivity contribution < 1.29 is 9.90 Å². The number of aliphatic carboxylic acids is 1. The van der Waals surface area contributed by atoms with Crippen molar-refractivity contribution in [2.75, 3.05) is 0 Å². The lowest BCUT2D eigenvalue weighted by molar-refractivity contribution is -0.130. The lowest BCUT2D eigenvalue weighted by Gasteiger charge is -2.07. The third kappa shape index (κ3) is 2.60. The maximum absolute atomic E-state index is 11.4. The average molecular weight is 259 g/mol. The van der Waals surface area contributed by atoms with Crippen LogP contribution in [0.1, 0.15) is 11.1 Å². The van der Waals surface area contributed by atoms with E-state index < -0.39 is 5.97 Å². The lowest BCUT2D eigenvalue weighted by atomic mass is 10.0. The quantitative estimate of drug-likeness (QED) is 0.670. The van der Waals surface area contributed by atoms with Crippen molar-refractivity contribution in [3.8, 4) is 0 Å². The SMILES string of the molecule is O=C(O)/C(=C(/Cl)c1ccccc1)c1ccccc1. The molecule has 0 aliphatic carbocycles. The molecule has 2 aromatic carbocycles. The van der Waals surface area contributed by atoms with Crippen LogP contribution in [-0.4, -0.2) is 11.1 Å². The smallest absolute Gasteiger partial charge is 0.337 e. The summed E-state index contributed by atoms with van der Waals surface area (Å²) in [6, 6.07) is 17.9. The molecule has 0 radical (unpaired) electrons. The van der Waals surface area contributed by atoms with Gasteiger partial charge in [0.1, 0.15) is 0 Å². The summed E-state index contributed by atoms with van der Waals surface area (Å²) >= 11 is 6.20. The van der Waals surface area contributed by atoms with Gasteiger partial charge >= 0.3 is 5.97 Å². The van der Waals surface area contributed by atoms with Crippen LogP contribution in [0, 0.1) is 0 Å². The van der Waals surface area contributed by atoms with Gasteiger partial charge in [0.25, 0.3) is 0 Å². The maximum atomic E-state index is 11.4. The van der Waals surface area contributed by atoms with Gasteiger partial charge in [-0.1, -0.05) is 72.3 Å². The summed E-state index contributed by atoms with van der Waals surface area (Å²) in [7, 11) is 0. The van der Waals surface area contributed by atoms with Crippen LogP contribution in [0.25, 0.3) is 10.6 Å². The Morgan fingerprint density at radius 2 is 1.28 bits per heavy atom. The molecule has 0 saturated carbocycles. The molecule has 0 saturated heterocycles. The topological polar surface area (TPSA) is 37.3 Å². The monoisotopic (exact) mass is 258 g/mol. The first-order valence-electron chi connectivity index (χ1n) is 5.44. The standard InChI is InChI=1S/C15H11ClO2/c16-14(12-9-5-2-6-10-12)13(15(17)18)11-7-3-1-4-8-11/h1-10H,(H,17,18)/b14-13+. The number of carboxylic acids is 1. The van der Waals surface area contributed by atoms with Crippen LogP contribution in [0.3, 0.4) is 0 Å². The highest BCUT2D eigenvalue weighted by molar-refractivity contribution is 6.56. The summed E-state index contributed by atoms with van der Waals surface area (Å²) in [6.45, 7) is 0. The Bertz CT molecular complexity index is 574. The molecular formula is C15H11ClO2. The number of rotatable bonds is 3. The van der Waals surface area contributed by atoms with Crippen LogP contribution in [-0.2, 0) is 4.79 Å². The minimum absolute atomic E-state index is 0.114. The summed E-state index contributed by atoms with van der Waals surface area (Å²) in [5.74, 6) is -1.03. The van der Waals surface area contributed by atoms with Gasteiger partial charge in [-0.3, -0.25) is 0 Å². The Hall–Kier alpha value is -2.06. The molecule has 0 aromatic heterocycles. The molecule has 0 aliphatic heterocycles. The lowest BCUT2D eigenvalue weighted by Crippen LogP contribution is -2.01. The highest BCUT2D eigenvalue weighted by Crippen LogP contribution is 2.29. The number of benzene rings is 2. The first-order valence-corrected chi connectivity index (χ1v) is 5.82. The molecule has 2 rings (SSSR count). The van der Waals surface area contributed by atoms with E-state index in [0.29, 0.717) is 11.1 Å². The van der Waals surface area contributed by atoms with Gasteiger partial charge in [0.2, 0.25) is 0 Å². The maximum Gasteiger partial charge on any atom is 0.337 e. The van der Waals surface area contributed by atoms with E-state index in [1.807, 2.05) is 24.3 Å². The summed E-state index contributed by atoms with van der Waals surface area (Å²) < 4.78 is 0. The van der Waals surface area contributed by atoms with Crippen molar-refractivity contribution in [2.24, 2.45) is 0 Å². The molecule has 0 unspecified atom stereocenters. The Balaban J connectivity index is 2.58. The molecule has 2 aromatic rings. The van der Waals surface area contributed by atoms with E-state index in [2.05, 4.69) is 0 Å². The van der Waals surface area contributed by atoms with E-state index in [1.165, 1.54) is 0 Å². The Labute approximate surface area is 110 Å². The van der Waals surface area contributed by atoms with Gasteiger partial charge in [0, 0.05) is 0 Å². The zero-order valence-electron chi connectivity index (χ0n) is 9.51. The minimum Gasteiger partial charge on any atom is -0.478 e. The van der Waals surface area contributed by atoms with Gasteiger partial charge in [0.05, 0.1) is 10.6 Å². The molecule has 0 atom stereocenters. The zero-order chi connectivity index (χ0) is 13.0. The second-order valence-corrected chi connectivity index (χ2v) is 4.10. The number of carbonyl (C=O) groups is 1. The van der Waals surface area contributed by atoms with Crippen molar-refractivity contribution in [3.63, 3.8) is 0 Å². The van der Waals surface area contributed by atoms with Gasteiger partial charge in [-0.15, -0.1) is 0 Å². The average Bonchev–Trinajstić information content (AvgIpc) is 2.40. The van der Waals surface area contributed by atoms with Crippen LogP contribution in [0.4, 0.5) is 0 Å². The van der Waals surface area contributed by atoms with Gasteiger partial charge in [-0.05, 0) is 11.1 Å². The molecule has 0 aliphatic rings. The molecule has 1 N–H and O–H groups in total. The number of halogens is 1. The molecule has 0 fully saturated rings. The minimum atomic E-state index is -1.03. The largest absolute Gasteiger partial charge is 0.478 e. The summed E-state index contributed by atoms with van der Waals surface area (Å²) in [4.78, 5) is 11.4. The molecule has 0 spiro atoms. The van der Waals surface area contributed by atoms with E-state index in [0.717, 1.165) is 0 Å². The first kappa shape index (κ1) is 12.4. The van der Waals surface area contributed by atoms with Crippen molar-refractivity contribution in [1.29, 1.82) is 0 Å². The number of hydrogen-bond donors (Lipinski definition) is 1. The van der Waals surface area contributed by atoms with E-state index in [-0.39, 0.29) is 10.6 Å². The second-order valence-electron chi connectivity index (χ2n) is 3.73. The van der Waals surface area contributed by atoms with Gasteiger partial charge in [0.15, 0.2) is 0 Å². The third-order valence-electron chi connectivity index (χ3n) is 2.52. The zero-order valence-corrected chi connectivity index (χ0v) is 10.3. The van der Waals surface area contributed by atoms with E-state index in [4.69, 9.17) is 11.6 Å². The van der Waals surface area contributed by atoms with Gasteiger partial charge in [-0.25, -0.2) is 4.79 Å². The third-order valence-corrected chi connectivity index (χ3v) is 2.93. The molecule has 2 nitrogen and oxygen atoms in total. The fourth-order valence-electron chi connectivity index (χ4n) is 1.68. The summed E-state index contributed by atoms with van der Waals surface area (Å²) in [5, 5.41) is 9.56. The van der Waals surface area contributed by atoms with Gasteiger partial charge in [-0.2, -0.15) is 0 Å². The Kier molecular flexibility index (Phi) is 3.80. The molecule has 18 heavy (non-hydrogen) atoms. The fraction of sp³-hybridized carbons (Fsp3) is 0. The van der Waals surface area contributed by atoms with Crippen LogP contribution in [0.5, 0.6) is 0 Å².